The minimum absolute atomic E-state index is 0.0819. The molecular weight excluding hydrogens is 293 g/mol. The van der Waals surface area contributed by atoms with Gasteiger partial charge in [0.2, 0.25) is 10.0 Å². The molecule has 9 heteroatoms. The number of anilines is 1. The van der Waals surface area contributed by atoms with Gasteiger partial charge in [-0.1, -0.05) is 11.6 Å². The Kier molecular flexibility index (Phi) is 4.46. The molecule has 0 spiro atoms. The van der Waals surface area contributed by atoms with Crippen LogP contribution >= 0.6 is 11.6 Å². The molecule has 4 nitrogen and oxygen atoms in total. The van der Waals surface area contributed by atoms with Crippen LogP contribution in [0.1, 0.15) is 5.56 Å². The van der Waals surface area contributed by atoms with Crippen molar-refractivity contribution in [3.8, 4) is 0 Å². The third-order valence-electron chi connectivity index (χ3n) is 1.94. The summed E-state index contributed by atoms with van der Waals surface area (Å²) >= 11 is 5.54. The van der Waals surface area contributed by atoms with Gasteiger partial charge >= 0.3 is 6.18 Å². The highest BCUT2D eigenvalue weighted by molar-refractivity contribution is 7.89. The normalized spacial score (nSPS) is 12.5. The summed E-state index contributed by atoms with van der Waals surface area (Å²) < 4.78 is 58.7. The summed E-state index contributed by atoms with van der Waals surface area (Å²) in [5.41, 5.74) is -0.827. The van der Waals surface area contributed by atoms with Crippen molar-refractivity contribution in [3.63, 3.8) is 0 Å². The number of primary sulfonamides is 1. The molecule has 0 unspecified atom stereocenters. The summed E-state index contributed by atoms with van der Waals surface area (Å²) in [7, 11) is -3.66. The number of alkyl halides is 3. The third-order valence-corrected chi connectivity index (χ3v) is 2.93. The van der Waals surface area contributed by atoms with Crippen LogP contribution < -0.4 is 10.5 Å². The first-order chi connectivity index (χ1) is 8.08. The largest absolute Gasteiger partial charge is 0.416 e. The SMILES string of the molecule is NS(=O)(=O)CCNc1cc(Cl)cc(C(F)(F)F)c1. The molecule has 1 rings (SSSR count). The van der Waals surface area contributed by atoms with Gasteiger partial charge in [0.05, 0.1) is 11.3 Å². The van der Waals surface area contributed by atoms with Gasteiger partial charge in [-0.05, 0) is 18.2 Å². The van der Waals surface area contributed by atoms with E-state index in [1.807, 2.05) is 0 Å². The summed E-state index contributed by atoms with van der Waals surface area (Å²) in [5.74, 6) is -0.388. The maximum Gasteiger partial charge on any atom is 0.416 e. The molecule has 1 aromatic carbocycles. The molecule has 0 heterocycles. The van der Waals surface area contributed by atoms with Gasteiger partial charge in [0.1, 0.15) is 0 Å². The lowest BCUT2D eigenvalue weighted by atomic mass is 10.2. The second-order valence-corrected chi connectivity index (χ2v) is 5.69. The number of hydrogen-bond donors (Lipinski definition) is 2. The standard InChI is InChI=1S/C9H10ClF3N2O2S/c10-7-3-6(9(11,12)13)4-8(5-7)15-1-2-18(14,16)17/h3-5,15H,1-2H2,(H2,14,16,17). The predicted octanol–water partition coefficient (Wildman–Crippen LogP) is 2.06. The second kappa shape index (κ2) is 5.33. The molecule has 0 aliphatic carbocycles. The maximum absolute atomic E-state index is 12.5. The first kappa shape index (κ1) is 15.1. The lowest BCUT2D eigenvalue weighted by Crippen LogP contribution is -2.22. The predicted molar refractivity (Wildman–Crippen MR) is 62.9 cm³/mol. The van der Waals surface area contributed by atoms with Gasteiger partial charge in [-0.2, -0.15) is 13.2 Å². The number of benzene rings is 1. The van der Waals surface area contributed by atoms with Crippen molar-refractivity contribution in [3.05, 3.63) is 28.8 Å². The van der Waals surface area contributed by atoms with Crippen LogP contribution in [0.4, 0.5) is 18.9 Å². The molecule has 3 N–H and O–H groups in total. The Hall–Kier alpha value is -0.990. The van der Waals surface area contributed by atoms with Gasteiger partial charge in [0, 0.05) is 17.3 Å². The summed E-state index contributed by atoms with van der Waals surface area (Å²) in [6.45, 7) is -0.101. The molecule has 0 aromatic heterocycles. The highest BCUT2D eigenvalue weighted by atomic mass is 35.5. The Balaban J connectivity index is 2.81. The fourth-order valence-electron chi connectivity index (χ4n) is 1.19. The van der Waals surface area contributed by atoms with Crippen LogP contribution in [0.15, 0.2) is 18.2 Å². The number of nitrogens with two attached hydrogens (primary N) is 1. The van der Waals surface area contributed by atoms with E-state index in [0.717, 1.165) is 12.1 Å². The van der Waals surface area contributed by atoms with Gasteiger partial charge in [0.25, 0.3) is 0 Å². The van der Waals surface area contributed by atoms with Crippen LogP contribution in [0.5, 0.6) is 0 Å². The molecule has 0 saturated carbocycles. The Morgan fingerprint density at radius 3 is 2.39 bits per heavy atom. The van der Waals surface area contributed by atoms with E-state index in [9.17, 15) is 21.6 Å². The fraction of sp³-hybridized carbons (Fsp3) is 0.333. The molecule has 102 valence electrons. The van der Waals surface area contributed by atoms with Gasteiger partial charge in [0.15, 0.2) is 0 Å². The maximum atomic E-state index is 12.5. The molecule has 1 aromatic rings. The van der Waals surface area contributed by atoms with Crippen molar-refractivity contribution in [2.75, 3.05) is 17.6 Å². The summed E-state index contributed by atoms with van der Waals surface area (Å²) in [6, 6.07) is 2.89. The lowest BCUT2D eigenvalue weighted by molar-refractivity contribution is -0.137. The minimum Gasteiger partial charge on any atom is -0.384 e. The molecule has 0 radical (unpaired) electrons. The van der Waals surface area contributed by atoms with E-state index in [2.05, 4.69) is 5.32 Å². The highest BCUT2D eigenvalue weighted by Crippen LogP contribution is 2.33. The second-order valence-electron chi connectivity index (χ2n) is 3.52. The molecule has 0 amide bonds. The van der Waals surface area contributed by atoms with Crippen LogP contribution in [0, 0.1) is 0 Å². The molecule has 18 heavy (non-hydrogen) atoms. The Morgan fingerprint density at radius 2 is 1.89 bits per heavy atom. The number of rotatable bonds is 4. The van der Waals surface area contributed by atoms with E-state index >= 15 is 0 Å². The highest BCUT2D eigenvalue weighted by Gasteiger charge is 2.31. The topological polar surface area (TPSA) is 72.2 Å². The zero-order valence-corrected chi connectivity index (χ0v) is 10.5. The molecule has 0 saturated heterocycles. The molecule has 0 bridgehead atoms. The van der Waals surface area contributed by atoms with Crippen molar-refractivity contribution in [1.82, 2.24) is 0 Å². The Bertz CT molecular complexity index is 531. The zero-order valence-electron chi connectivity index (χ0n) is 8.96. The van der Waals surface area contributed by atoms with Gasteiger partial charge in [-0.25, -0.2) is 13.6 Å². The quantitative estimate of drug-likeness (QED) is 0.894. The van der Waals surface area contributed by atoms with Crippen LogP contribution in [0.2, 0.25) is 5.02 Å². The van der Waals surface area contributed by atoms with E-state index in [0.29, 0.717) is 0 Å². The number of sulfonamides is 1. The Morgan fingerprint density at radius 1 is 1.28 bits per heavy atom. The van der Waals surface area contributed by atoms with E-state index in [1.165, 1.54) is 6.07 Å². The van der Waals surface area contributed by atoms with Gasteiger partial charge < -0.3 is 5.32 Å². The monoisotopic (exact) mass is 302 g/mol. The number of halogens is 4. The van der Waals surface area contributed by atoms with Crippen molar-refractivity contribution in [2.45, 2.75) is 6.18 Å². The smallest absolute Gasteiger partial charge is 0.384 e. The average Bonchev–Trinajstić information content (AvgIpc) is 2.13. The van der Waals surface area contributed by atoms with Crippen molar-refractivity contribution in [2.24, 2.45) is 5.14 Å². The molecule has 0 fully saturated rings. The first-order valence-electron chi connectivity index (χ1n) is 4.70. The molecular formula is C9H10ClF3N2O2S. The zero-order chi connectivity index (χ0) is 14.0. The molecule has 0 aliphatic heterocycles. The summed E-state index contributed by atoms with van der Waals surface area (Å²) in [6.07, 6.45) is -4.51. The van der Waals surface area contributed by atoms with E-state index < -0.39 is 21.8 Å². The summed E-state index contributed by atoms with van der Waals surface area (Å²) in [4.78, 5) is 0. The van der Waals surface area contributed by atoms with E-state index in [1.54, 1.807) is 0 Å². The van der Waals surface area contributed by atoms with Crippen molar-refractivity contribution >= 4 is 27.3 Å². The lowest BCUT2D eigenvalue weighted by Gasteiger charge is -2.11. The molecule has 0 aliphatic rings. The van der Waals surface area contributed by atoms with Crippen LogP contribution in [-0.4, -0.2) is 20.7 Å². The van der Waals surface area contributed by atoms with Gasteiger partial charge in [-0.15, -0.1) is 0 Å². The number of nitrogens with one attached hydrogen (secondary N) is 1. The third kappa shape index (κ3) is 5.11. The van der Waals surface area contributed by atoms with E-state index in [-0.39, 0.29) is 23.0 Å². The fourth-order valence-corrected chi connectivity index (χ4v) is 1.81. The van der Waals surface area contributed by atoms with Crippen LogP contribution in [0.25, 0.3) is 0 Å². The summed E-state index contributed by atoms with van der Waals surface area (Å²) in [5, 5.41) is 7.17. The Labute approximate surface area is 107 Å². The molecule has 0 atom stereocenters. The van der Waals surface area contributed by atoms with Gasteiger partial charge in [-0.3, -0.25) is 0 Å². The van der Waals surface area contributed by atoms with Crippen molar-refractivity contribution < 1.29 is 21.6 Å². The van der Waals surface area contributed by atoms with E-state index in [4.69, 9.17) is 16.7 Å². The first-order valence-corrected chi connectivity index (χ1v) is 6.79. The van der Waals surface area contributed by atoms with Crippen LogP contribution in [-0.2, 0) is 16.2 Å². The average molecular weight is 303 g/mol. The number of hydrogen-bond acceptors (Lipinski definition) is 3. The van der Waals surface area contributed by atoms with Crippen molar-refractivity contribution in [1.29, 1.82) is 0 Å². The minimum atomic E-state index is -4.51. The van der Waals surface area contributed by atoms with Crippen LogP contribution in [0.3, 0.4) is 0 Å².